The number of alkyl halides is 1. The number of benzene rings is 2. The van der Waals surface area contributed by atoms with Crippen molar-refractivity contribution >= 4 is 31.9 Å². The van der Waals surface area contributed by atoms with Crippen LogP contribution in [0.4, 0.5) is 4.39 Å². The molecule has 0 spiro atoms. The maximum atomic E-state index is 12.9. The molecule has 2 aromatic carbocycles. The van der Waals surface area contributed by atoms with Gasteiger partial charge < -0.3 is 0 Å². The lowest BCUT2D eigenvalue weighted by Crippen LogP contribution is -2.04. The summed E-state index contributed by atoms with van der Waals surface area (Å²) in [4.78, 5) is 0. The van der Waals surface area contributed by atoms with Crippen LogP contribution in [-0.2, 0) is 6.42 Å². The topological polar surface area (TPSA) is 0 Å². The average molecular weight is 372 g/mol. The van der Waals surface area contributed by atoms with Crippen molar-refractivity contribution in [2.45, 2.75) is 12.3 Å². The molecule has 0 saturated heterocycles. The minimum absolute atomic E-state index is 0.185. The highest BCUT2D eigenvalue weighted by molar-refractivity contribution is 9.10. The van der Waals surface area contributed by atoms with Crippen LogP contribution in [0.25, 0.3) is 0 Å². The van der Waals surface area contributed by atoms with Gasteiger partial charge in [-0.2, -0.15) is 0 Å². The Morgan fingerprint density at radius 1 is 0.944 bits per heavy atom. The van der Waals surface area contributed by atoms with Gasteiger partial charge in [0.05, 0.1) is 0 Å². The lowest BCUT2D eigenvalue weighted by molar-refractivity contribution is 0.625. The van der Waals surface area contributed by atoms with Crippen LogP contribution in [0.2, 0.25) is 0 Å². The number of hydrogen-bond donors (Lipinski definition) is 0. The van der Waals surface area contributed by atoms with E-state index in [4.69, 9.17) is 0 Å². The molecule has 1 unspecified atom stereocenters. The van der Waals surface area contributed by atoms with Crippen molar-refractivity contribution in [3.05, 3.63) is 69.9 Å². The fourth-order valence-corrected chi connectivity index (χ4v) is 2.77. The molecule has 0 aliphatic heterocycles. The summed E-state index contributed by atoms with van der Waals surface area (Å²) >= 11 is 6.97. The van der Waals surface area contributed by atoms with E-state index in [9.17, 15) is 4.39 Å². The van der Waals surface area contributed by atoms with Gasteiger partial charge in [0.2, 0.25) is 0 Å². The van der Waals surface area contributed by atoms with Crippen LogP contribution in [-0.4, -0.2) is 5.33 Å². The van der Waals surface area contributed by atoms with Gasteiger partial charge in [-0.15, -0.1) is 0 Å². The summed E-state index contributed by atoms with van der Waals surface area (Å²) in [5.41, 5.74) is 2.45. The standard InChI is InChI=1S/C15H13Br2F/c16-10-13(12-3-7-15(18)8-4-12)9-11-1-5-14(17)6-2-11/h1-8,13H,9-10H2. The van der Waals surface area contributed by atoms with E-state index in [0.29, 0.717) is 5.92 Å². The highest BCUT2D eigenvalue weighted by Gasteiger charge is 2.11. The molecule has 0 bridgehead atoms. The molecule has 0 radical (unpaired) electrons. The third kappa shape index (κ3) is 3.66. The van der Waals surface area contributed by atoms with Crippen molar-refractivity contribution in [2.24, 2.45) is 0 Å². The average Bonchev–Trinajstić information content (AvgIpc) is 2.39. The third-order valence-electron chi connectivity index (χ3n) is 2.92. The summed E-state index contributed by atoms with van der Waals surface area (Å²) in [7, 11) is 0. The van der Waals surface area contributed by atoms with E-state index in [1.807, 2.05) is 24.3 Å². The van der Waals surface area contributed by atoms with Gasteiger partial charge in [0.1, 0.15) is 5.82 Å². The summed E-state index contributed by atoms with van der Waals surface area (Å²) in [6.07, 6.45) is 0.949. The lowest BCUT2D eigenvalue weighted by Gasteiger charge is -2.14. The summed E-state index contributed by atoms with van der Waals surface area (Å²) in [6.45, 7) is 0. The Balaban J connectivity index is 2.14. The Kier molecular flexibility index (Phi) is 4.95. The monoisotopic (exact) mass is 370 g/mol. The molecule has 0 heterocycles. The minimum atomic E-state index is -0.185. The van der Waals surface area contributed by atoms with E-state index in [2.05, 4.69) is 44.0 Å². The fourth-order valence-electron chi connectivity index (χ4n) is 1.90. The SMILES string of the molecule is Fc1ccc(C(CBr)Cc2ccc(Br)cc2)cc1. The Morgan fingerprint density at radius 3 is 2.11 bits per heavy atom. The quantitative estimate of drug-likeness (QED) is 0.639. The molecule has 1 atom stereocenters. The molecule has 0 N–H and O–H groups in total. The molecule has 0 fully saturated rings. The summed E-state index contributed by atoms with van der Waals surface area (Å²) < 4.78 is 14.0. The first kappa shape index (κ1) is 13.8. The van der Waals surface area contributed by atoms with Crippen molar-refractivity contribution in [3.63, 3.8) is 0 Å². The van der Waals surface area contributed by atoms with Crippen LogP contribution >= 0.6 is 31.9 Å². The van der Waals surface area contributed by atoms with Gasteiger partial charge in [-0.1, -0.05) is 56.1 Å². The molecule has 0 amide bonds. The zero-order valence-corrected chi connectivity index (χ0v) is 12.9. The predicted molar refractivity (Wildman–Crippen MR) is 80.8 cm³/mol. The van der Waals surface area contributed by atoms with Crippen molar-refractivity contribution < 1.29 is 4.39 Å². The van der Waals surface area contributed by atoms with Gasteiger partial charge in [-0.25, -0.2) is 4.39 Å². The second-order valence-electron chi connectivity index (χ2n) is 4.23. The van der Waals surface area contributed by atoms with Crippen molar-refractivity contribution in [1.82, 2.24) is 0 Å². The minimum Gasteiger partial charge on any atom is -0.207 e. The molecule has 0 aromatic heterocycles. The first-order chi connectivity index (χ1) is 8.69. The zero-order valence-electron chi connectivity index (χ0n) is 9.74. The molecular weight excluding hydrogens is 359 g/mol. The lowest BCUT2D eigenvalue weighted by atomic mass is 9.94. The summed E-state index contributed by atoms with van der Waals surface area (Å²) in [6, 6.07) is 15.1. The molecule has 0 aliphatic carbocycles. The van der Waals surface area contributed by atoms with Gasteiger partial charge in [0.15, 0.2) is 0 Å². The van der Waals surface area contributed by atoms with Gasteiger partial charge in [0.25, 0.3) is 0 Å². The number of hydrogen-bond acceptors (Lipinski definition) is 0. The van der Waals surface area contributed by atoms with Crippen LogP contribution in [0.15, 0.2) is 53.0 Å². The van der Waals surface area contributed by atoms with E-state index < -0.39 is 0 Å². The Labute approximate surface area is 123 Å². The molecule has 0 aliphatic rings. The van der Waals surface area contributed by atoms with Crippen LogP contribution in [0.5, 0.6) is 0 Å². The normalized spacial score (nSPS) is 12.4. The van der Waals surface area contributed by atoms with E-state index >= 15 is 0 Å². The molecule has 94 valence electrons. The highest BCUT2D eigenvalue weighted by atomic mass is 79.9. The van der Waals surface area contributed by atoms with Crippen LogP contribution in [0, 0.1) is 5.82 Å². The number of rotatable bonds is 4. The second kappa shape index (κ2) is 6.48. The van der Waals surface area contributed by atoms with Crippen LogP contribution in [0.3, 0.4) is 0 Å². The first-order valence-electron chi connectivity index (χ1n) is 5.75. The van der Waals surface area contributed by atoms with Crippen LogP contribution < -0.4 is 0 Å². The summed E-state index contributed by atoms with van der Waals surface area (Å²) in [5, 5.41) is 0.870. The molecule has 0 nitrogen and oxygen atoms in total. The maximum Gasteiger partial charge on any atom is 0.123 e. The fraction of sp³-hybridized carbons (Fsp3) is 0.200. The maximum absolute atomic E-state index is 12.9. The second-order valence-corrected chi connectivity index (χ2v) is 5.80. The van der Waals surface area contributed by atoms with Crippen molar-refractivity contribution in [1.29, 1.82) is 0 Å². The first-order valence-corrected chi connectivity index (χ1v) is 7.66. The molecule has 0 saturated carbocycles. The summed E-state index contributed by atoms with van der Waals surface area (Å²) in [5.74, 6) is 0.183. The van der Waals surface area contributed by atoms with Gasteiger partial charge >= 0.3 is 0 Å². The number of halogens is 3. The highest BCUT2D eigenvalue weighted by Crippen LogP contribution is 2.24. The van der Waals surface area contributed by atoms with Crippen molar-refractivity contribution in [2.75, 3.05) is 5.33 Å². The van der Waals surface area contributed by atoms with Gasteiger partial charge in [0, 0.05) is 9.80 Å². The van der Waals surface area contributed by atoms with E-state index in [1.165, 1.54) is 17.7 Å². The van der Waals surface area contributed by atoms with Gasteiger partial charge in [-0.3, -0.25) is 0 Å². The van der Waals surface area contributed by atoms with E-state index in [0.717, 1.165) is 21.8 Å². The van der Waals surface area contributed by atoms with E-state index in [-0.39, 0.29) is 5.82 Å². The van der Waals surface area contributed by atoms with Crippen molar-refractivity contribution in [3.8, 4) is 0 Å². The molecule has 18 heavy (non-hydrogen) atoms. The molecular formula is C15H13Br2F. The molecule has 3 heteroatoms. The predicted octanol–water partition coefficient (Wildman–Crippen LogP) is 5.31. The third-order valence-corrected chi connectivity index (χ3v) is 4.23. The zero-order chi connectivity index (χ0) is 13.0. The molecule has 2 rings (SSSR count). The Morgan fingerprint density at radius 2 is 1.56 bits per heavy atom. The Bertz CT molecular complexity index is 491. The van der Waals surface area contributed by atoms with Crippen LogP contribution in [0.1, 0.15) is 17.0 Å². The largest absolute Gasteiger partial charge is 0.207 e. The molecule has 2 aromatic rings. The smallest absolute Gasteiger partial charge is 0.123 e. The van der Waals surface area contributed by atoms with E-state index in [1.54, 1.807) is 0 Å². The van der Waals surface area contributed by atoms with Gasteiger partial charge in [-0.05, 0) is 47.7 Å². The Hall–Kier alpha value is -0.670.